The van der Waals surface area contributed by atoms with Gasteiger partial charge in [-0.15, -0.1) is 6.58 Å². The van der Waals surface area contributed by atoms with Crippen molar-refractivity contribution in [1.29, 1.82) is 0 Å². The van der Waals surface area contributed by atoms with Crippen LogP contribution in [0.1, 0.15) is 19.8 Å². The van der Waals surface area contributed by atoms with Crippen molar-refractivity contribution >= 4 is 5.91 Å². The van der Waals surface area contributed by atoms with Crippen LogP contribution in [-0.4, -0.2) is 18.6 Å². The van der Waals surface area contributed by atoms with Crippen molar-refractivity contribution in [3.05, 3.63) is 12.7 Å². The molecule has 0 aromatic rings. The fourth-order valence-corrected chi connectivity index (χ4v) is 0.514. The van der Waals surface area contributed by atoms with Crippen molar-refractivity contribution in [1.82, 2.24) is 5.48 Å². The molecule has 3 N–H and O–H groups in total. The third-order valence-corrected chi connectivity index (χ3v) is 1.33. The van der Waals surface area contributed by atoms with Crippen LogP contribution in [0.15, 0.2) is 12.7 Å². The Morgan fingerprint density at radius 1 is 1.83 bits per heavy atom. The van der Waals surface area contributed by atoms with Crippen molar-refractivity contribution in [2.45, 2.75) is 25.8 Å². The molecular weight excluding hydrogens is 156 g/mol. The van der Waals surface area contributed by atoms with Gasteiger partial charge in [-0.25, -0.2) is 5.48 Å². The molecule has 0 saturated heterocycles. The lowest BCUT2D eigenvalue weighted by Gasteiger charge is -2.07. The van der Waals surface area contributed by atoms with Gasteiger partial charge in [-0.2, -0.15) is 0 Å². The first-order valence-corrected chi connectivity index (χ1v) is 4.02. The van der Waals surface area contributed by atoms with Crippen LogP contribution in [-0.2, 0) is 9.63 Å². The first kappa shape index (κ1) is 11.1. The van der Waals surface area contributed by atoms with Gasteiger partial charge in [-0.3, -0.25) is 9.63 Å². The Balaban J connectivity index is 3.37. The summed E-state index contributed by atoms with van der Waals surface area (Å²) < 4.78 is 0. The highest BCUT2D eigenvalue weighted by Gasteiger charge is 2.07. The lowest BCUT2D eigenvalue weighted by Crippen LogP contribution is -2.39. The van der Waals surface area contributed by atoms with E-state index in [4.69, 9.17) is 10.6 Å². The van der Waals surface area contributed by atoms with Gasteiger partial charge in [0.15, 0.2) is 0 Å². The van der Waals surface area contributed by atoms with Crippen LogP contribution in [0.2, 0.25) is 0 Å². The van der Waals surface area contributed by atoms with E-state index in [0.29, 0.717) is 6.61 Å². The lowest BCUT2D eigenvalue weighted by atomic mass is 10.3. The molecule has 0 aromatic carbocycles. The molecule has 0 spiro atoms. The number of rotatable bonds is 6. The first-order valence-electron chi connectivity index (χ1n) is 4.02. The molecule has 0 fully saturated rings. The summed E-state index contributed by atoms with van der Waals surface area (Å²) in [4.78, 5) is 15.7. The largest absolute Gasteiger partial charge is 0.317 e. The summed E-state index contributed by atoms with van der Waals surface area (Å²) in [6.07, 6.45) is 3.31. The van der Waals surface area contributed by atoms with Gasteiger partial charge in [0.05, 0.1) is 6.61 Å². The van der Waals surface area contributed by atoms with E-state index < -0.39 is 6.04 Å². The van der Waals surface area contributed by atoms with E-state index in [2.05, 4.69) is 12.1 Å². The van der Waals surface area contributed by atoms with Crippen LogP contribution in [0.5, 0.6) is 0 Å². The highest BCUT2D eigenvalue weighted by atomic mass is 16.6. The van der Waals surface area contributed by atoms with Crippen LogP contribution in [0.4, 0.5) is 0 Å². The number of hydrogen-bond acceptors (Lipinski definition) is 3. The second-order valence-electron chi connectivity index (χ2n) is 2.43. The average molecular weight is 172 g/mol. The number of hydrogen-bond donors (Lipinski definition) is 2. The quantitative estimate of drug-likeness (QED) is 0.345. The molecule has 0 radical (unpaired) electrons. The maximum atomic E-state index is 10.9. The molecule has 0 heterocycles. The molecule has 70 valence electrons. The molecule has 0 aromatic heterocycles. The lowest BCUT2D eigenvalue weighted by molar-refractivity contribution is -0.133. The zero-order valence-corrected chi connectivity index (χ0v) is 7.38. The molecule has 12 heavy (non-hydrogen) atoms. The summed E-state index contributed by atoms with van der Waals surface area (Å²) >= 11 is 0. The zero-order chi connectivity index (χ0) is 9.40. The molecule has 1 unspecified atom stereocenters. The van der Waals surface area contributed by atoms with Crippen molar-refractivity contribution in [3.63, 3.8) is 0 Å². The van der Waals surface area contributed by atoms with E-state index in [1.807, 2.05) is 6.92 Å². The second-order valence-corrected chi connectivity index (χ2v) is 2.43. The normalized spacial score (nSPS) is 12.2. The molecule has 0 saturated carbocycles. The van der Waals surface area contributed by atoms with Crippen LogP contribution in [0.25, 0.3) is 0 Å². The number of carbonyl (C=O) groups is 1. The third kappa shape index (κ3) is 4.87. The van der Waals surface area contributed by atoms with Gasteiger partial charge in [0.1, 0.15) is 6.04 Å². The minimum atomic E-state index is -0.688. The predicted molar refractivity (Wildman–Crippen MR) is 47.2 cm³/mol. The van der Waals surface area contributed by atoms with Crippen molar-refractivity contribution < 1.29 is 9.63 Å². The van der Waals surface area contributed by atoms with Crippen LogP contribution in [0, 0.1) is 0 Å². The predicted octanol–water partition coefficient (Wildman–Crippen LogP) is 0.348. The number of unbranched alkanes of at least 4 members (excludes halogenated alkanes) is 1. The summed E-state index contributed by atoms with van der Waals surface area (Å²) in [6, 6.07) is -0.688. The third-order valence-electron chi connectivity index (χ3n) is 1.33. The summed E-state index contributed by atoms with van der Waals surface area (Å²) in [6.45, 7) is 5.95. The Bertz CT molecular complexity index is 148. The molecule has 0 aliphatic rings. The van der Waals surface area contributed by atoms with Crippen molar-refractivity contribution in [2.24, 2.45) is 5.73 Å². The van der Waals surface area contributed by atoms with Gasteiger partial charge >= 0.3 is 0 Å². The Labute approximate surface area is 72.7 Å². The first-order chi connectivity index (χ1) is 5.72. The SMILES string of the molecule is C=CC(N)C(=O)NOCCCC. The average Bonchev–Trinajstić information content (AvgIpc) is 2.10. The number of carbonyl (C=O) groups excluding carboxylic acids is 1. The Morgan fingerprint density at radius 3 is 3.00 bits per heavy atom. The molecule has 4 nitrogen and oxygen atoms in total. The van der Waals surface area contributed by atoms with E-state index in [0.717, 1.165) is 12.8 Å². The van der Waals surface area contributed by atoms with E-state index in [9.17, 15) is 4.79 Å². The van der Waals surface area contributed by atoms with Crippen LogP contribution in [0.3, 0.4) is 0 Å². The van der Waals surface area contributed by atoms with E-state index in [1.165, 1.54) is 6.08 Å². The topological polar surface area (TPSA) is 64.4 Å². The Hall–Kier alpha value is -0.870. The fraction of sp³-hybridized carbons (Fsp3) is 0.625. The standard InChI is InChI=1S/C8H16N2O2/c1-3-5-6-12-10-8(11)7(9)4-2/h4,7H,2-3,5-6,9H2,1H3,(H,10,11). The Morgan fingerprint density at radius 2 is 2.50 bits per heavy atom. The van der Waals surface area contributed by atoms with Gasteiger partial charge in [0.25, 0.3) is 5.91 Å². The van der Waals surface area contributed by atoms with Crippen LogP contribution < -0.4 is 11.2 Å². The van der Waals surface area contributed by atoms with Gasteiger partial charge in [-0.1, -0.05) is 19.4 Å². The van der Waals surface area contributed by atoms with E-state index in [1.54, 1.807) is 0 Å². The number of nitrogens with one attached hydrogen (secondary N) is 1. The van der Waals surface area contributed by atoms with Crippen molar-refractivity contribution in [3.8, 4) is 0 Å². The number of hydroxylamine groups is 1. The maximum absolute atomic E-state index is 10.9. The van der Waals surface area contributed by atoms with Crippen LogP contribution >= 0.6 is 0 Å². The molecule has 0 bridgehead atoms. The highest BCUT2D eigenvalue weighted by Crippen LogP contribution is 1.86. The summed E-state index contributed by atoms with van der Waals surface area (Å²) in [5, 5.41) is 0. The summed E-state index contributed by atoms with van der Waals surface area (Å²) in [5.74, 6) is -0.360. The Kier molecular flexibility index (Phi) is 6.32. The molecule has 0 aliphatic carbocycles. The highest BCUT2D eigenvalue weighted by molar-refractivity contribution is 5.82. The number of amides is 1. The summed E-state index contributed by atoms with van der Waals surface area (Å²) in [5.41, 5.74) is 7.55. The van der Waals surface area contributed by atoms with Gasteiger partial charge in [0.2, 0.25) is 0 Å². The fourth-order valence-electron chi connectivity index (χ4n) is 0.514. The molecule has 1 atom stereocenters. The minimum absolute atomic E-state index is 0.360. The molecular formula is C8H16N2O2. The van der Waals surface area contributed by atoms with E-state index in [-0.39, 0.29) is 5.91 Å². The van der Waals surface area contributed by atoms with Gasteiger partial charge < -0.3 is 5.73 Å². The van der Waals surface area contributed by atoms with Crippen molar-refractivity contribution in [2.75, 3.05) is 6.61 Å². The van der Waals surface area contributed by atoms with E-state index >= 15 is 0 Å². The van der Waals surface area contributed by atoms with Gasteiger partial charge in [-0.05, 0) is 6.42 Å². The second kappa shape index (κ2) is 6.82. The monoisotopic (exact) mass is 172 g/mol. The summed E-state index contributed by atoms with van der Waals surface area (Å²) in [7, 11) is 0. The smallest absolute Gasteiger partial charge is 0.264 e. The van der Waals surface area contributed by atoms with Gasteiger partial charge in [0, 0.05) is 0 Å². The molecule has 0 rings (SSSR count). The maximum Gasteiger partial charge on any atom is 0.264 e. The number of nitrogens with two attached hydrogens (primary N) is 1. The molecule has 4 heteroatoms. The minimum Gasteiger partial charge on any atom is -0.317 e. The zero-order valence-electron chi connectivity index (χ0n) is 7.38. The molecule has 1 amide bonds. The molecule has 0 aliphatic heterocycles.